The Morgan fingerprint density at radius 2 is 2.11 bits per heavy atom. The number of hydrogen-bond donors (Lipinski definition) is 3. The summed E-state index contributed by atoms with van der Waals surface area (Å²) in [5.41, 5.74) is 1.60. The molecule has 1 saturated heterocycles. The average Bonchev–Trinajstić information content (AvgIpc) is 3.17. The molecule has 2 unspecified atom stereocenters. The van der Waals surface area contributed by atoms with E-state index in [0.29, 0.717) is 25.2 Å². The van der Waals surface area contributed by atoms with Gasteiger partial charge in [0, 0.05) is 19.7 Å². The van der Waals surface area contributed by atoms with Crippen LogP contribution in [-0.4, -0.2) is 52.1 Å². The third-order valence-electron chi connectivity index (χ3n) is 4.72. The van der Waals surface area contributed by atoms with Crippen molar-refractivity contribution in [2.75, 3.05) is 18.1 Å². The van der Waals surface area contributed by atoms with Crippen molar-refractivity contribution in [3.05, 3.63) is 47.4 Å². The second-order valence-electron chi connectivity index (χ2n) is 6.93. The number of halogens is 1. The van der Waals surface area contributed by atoms with E-state index in [0.717, 1.165) is 11.3 Å². The van der Waals surface area contributed by atoms with Crippen LogP contribution in [0.1, 0.15) is 17.7 Å². The van der Waals surface area contributed by atoms with Gasteiger partial charge < -0.3 is 15.7 Å². The number of benzene rings is 1. The summed E-state index contributed by atoms with van der Waals surface area (Å²) >= 11 is 0. The van der Waals surface area contributed by atoms with Crippen molar-refractivity contribution < 1.29 is 19.1 Å². The predicted octanol–water partition coefficient (Wildman–Crippen LogP) is 0.876. The van der Waals surface area contributed by atoms with E-state index in [1.165, 1.54) is 12.1 Å². The van der Waals surface area contributed by atoms with Crippen molar-refractivity contribution >= 4 is 17.8 Å². The molecule has 0 bridgehead atoms. The molecule has 2 aromatic rings. The van der Waals surface area contributed by atoms with Gasteiger partial charge in [-0.1, -0.05) is 12.1 Å². The second-order valence-corrected chi connectivity index (χ2v) is 6.93. The standard InChI is InChI=1S/C19H24FN5O3/c1-12-9-17(24(2)23-12)25-8-7-16(18(25)27)22-19(28)21-15(11-26)10-13-3-5-14(20)6-4-13/h3-6,9,15-16,26H,7-8,10-11H2,1-2H3,(H2,21,22,28). The maximum Gasteiger partial charge on any atom is 0.315 e. The molecule has 1 aliphatic heterocycles. The number of aromatic nitrogens is 2. The lowest BCUT2D eigenvalue weighted by molar-refractivity contribution is -0.118. The van der Waals surface area contributed by atoms with Gasteiger partial charge in [-0.2, -0.15) is 5.10 Å². The molecule has 1 aromatic carbocycles. The molecule has 0 spiro atoms. The highest BCUT2D eigenvalue weighted by atomic mass is 19.1. The highest BCUT2D eigenvalue weighted by Crippen LogP contribution is 2.22. The summed E-state index contributed by atoms with van der Waals surface area (Å²) in [6.07, 6.45) is 0.835. The number of nitrogens with zero attached hydrogens (tertiary/aromatic N) is 3. The Bertz CT molecular complexity index is 852. The van der Waals surface area contributed by atoms with Crippen LogP contribution in [0.25, 0.3) is 0 Å². The monoisotopic (exact) mass is 389 g/mol. The number of aliphatic hydroxyl groups is 1. The van der Waals surface area contributed by atoms with Crippen molar-refractivity contribution in [1.82, 2.24) is 20.4 Å². The molecule has 3 amide bonds. The van der Waals surface area contributed by atoms with Gasteiger partial charge in [0.05, 0.1) is 18.3 Å². The number of anilines is 1. The van der Waals surface area contributed by atoms with E-state index in [1.54, 1.807) is 28.8 Å². The zero-order valence-corrected chi connectivity index (χ0v) is 15.9. The highest BCUT2D eigenvalue weighted by Gasteiger charge is 2.35. The fraction of sp³-hybridized carbons (Fsp3) is 0.421. The Labute approximate surface area is 162 Å². The molecule has 9 heteroatoms. The van der Waals surface area contributed by atoms with Gasteiger partial charge in [-0.25, -0.2) is 9.18 Å². The van der Waals surface area contributed by atoms with Crippen LogP contribution in [-0.2, 0) is 18.3 Å². The molecule has 1 fully saturated rings. The van der Waals surface area contributed by atoms with Crippen LogP contribution in [0.4, 0.5) is 15.0 Å². The largest absolute Gasteiger partial charge is 0.394 e. The van der Waals surface area contributed by atoms with Crippen LogP contribution in [0, 0.1) is 12.7 Å². The molecule has 150 valence electrons. The van der Waals surface area contributed by atoms with Crippen molar-refractivity contribution in [2.45, 2.75) is 31.8 Å². The van der Waals surface area contributed by atoms with Gasteiger partial charge >= 0.3 is 6.03 Å². The van der Waals surface area contributed by atoms with Crippen molar-refractivity contribution in [3.63, 3.8) is 0 Å². The molecule has 1 aromatic heterocycles. The Morgan fingerprint density at radius 3 is 2.71 bits per heavy atom. The molecule has 3 rings (SSSR count). The van der Waals surface area contributed by atoms with E-state index in [-0.39, 0.29) is 18.3 Å². The maximum absolute atomic E-state index is 13.0. The molecule has 0 saturated carbocycles. The summed E-state index contributed by atoms with van der Waals surface area (Å²) in [5.74, 6) is 0.150. The summed E-state index contributed by atoms with van der Waals surface area (Å²) in [4.78, 5) is 26.5. The first kappa shape index (κ1) is 19.8. The molecular formula is C19H24FN5O3. The Hall–Kier alpha value is -2.94. The fourth-order valence-electron chi connectivity index (χ4n) is 3.34. The molecule has 2 heterocycles. The van der Waals surface area contributed by atoms with Gasteiger partial charge in [0.2, 0.25) is 0 Å². The molecule has 8 nitrogen and oxygen atoms in total. The van der Waals surface area contributed by atoms with Crippen LogP contribution in [0.15, 0.2) is 30.3 Å². The summed E-state index contributed by atoms with van der Waals surface area (Å²) in [6, 6.07) is 5.98. The molecule has 2 atom stereocenters. The Balaban J connectivity index is 1.56. The molecule has 1 aliphatic rings. The number of rotatable bonds is 6. The smallest absolute Gasteiger partial charge is 0.315 e. The van der Waals surface area contributed by atoms with Crippen LogP contribution < -0.4 is 15.5 Å². The number of aliphatic hydroxyl groups excluding tert-OH is 1. The van der Waals surface area contributed by atoms with E-state index < -0.39 is 18.1 Å². The van der Waals surface area contributed by atoms with Gasteiger partial charge in [-0.3, -0.25) is 14.4 Å². The number of carbonyl (C=O) groups excluding carboxylic acids is 2. The van der Waals surface area contributed by atoms with Crippen LogP contribution in [0.2, 0.25) is 0 Å². The van der Waals surface area contributed by atoms with E-state index in [9.17, 15) is 19.1 Å². The highest BCUT2D eigenvalue weighted by molar-refractivity contribution is 6.00. The van der Waals surface area contributed by atoms with Crippen LogP contribution in [0.3, 0.4) is 0 Å². The predicted molar refractivity (Wildman–Crippen MR) is 101 cm³/mol. The van der Waals surface area contributed by atoms with Gasteiger partial charge in [-0.05, 0) is 37.5 Å². The van der Waals surface area contributed by atoms with Gasteiger partial charge in [0.25, 0.3) is 5.91 Å². The normalized spacial score (nSPS) is 17.6. The summed E-state index contributed by atoms with van der Waals surface area (Å²) in [5, 5.41) is 19.1. The quantitative estimate of drug-likeness (QED) is 0.683. The van der Waals surface area contributed by atoms with Gasteiger partial charge in [0.15, 0.2) is 0 Å². The average molecular weight is 389 g/mol. The van der Waals surface area contributed by atoms with E-state index in [4.69, 9.17) is 0 Å². The van der Waals surface area contributed by atoms with Crippen LogP contribution >= 0.6 is 0 Å². The number of nitrogens with one attached hydrogen (secondary N) is 2. The van der Waals surface area contributed by atoms with Gasteiger partial charge in [0.1, 0.15) is 17.7 Å². The number of urea groups is 1. The third-order valence-corrected chi connectivity index (χ3v) is 4.72. The minimum Gasteiger partial charge on any atom is -0.394 e. The number of amides is 3. The summed E-state index contributed by atoms with van der Waals surface area (Å²) < 4.78 is 14.6. The first-order valence-electron chi connectivity index (χ1n) is 9.11. The van der Waals surface area contributed by atoms with Crippen molar-refractivity contribution in [2.24, 2.45) is 7.05 Å². The lowest BCUT2D eigenvalue weighted by atomic mass is 10.1. The summed E-state index contributed by atoms with van der Waals surface area (Å²) in [6.45, 7) is 2.06. The van der Waals surface area contributed by atoms with E-state index in [1.807, 2.05) is 13.0 Å². The molecule has 0 aliphatic carbocycles. The number of hydrogen-bond acceptors (Lipinski definition) is 4. The van der Waals surface area contributed by atoms with Crippen molar-refractivity contribution in [1.29, 1.82) is 0 Å². The first-order chi connectivity index (χ1) is 13.4. The van der Waals surface area contributed by atoms with Crippen molar-refractivity contribution in [3.8, 4) is 0 Å². The van der Waals surface area contributed by atoms with E-state index in [2.05, 4.69) is 15.7 Å². The second kappa shape index (κ2) is 8.39. The Morgan fingerprint density at radius 1 is 1.39 bits per heavy atom. The number of carbonyl (C=O) groups is 2. The van der Waals surface area contributed by atoms with E-state index >= 15 is 0 Å². The zero-order chi connectivity index (χ0) is 20.3. The molecule has 3 N–H and O–H groups in total. The lowest BCUT2D eigenvalue weighted by Crippen LogP contribution is -2.50. The zero-order valence-electron chi connectivity index (χ0n) is 15.9. The van der Waals surface area contributed by atoms with Gasteiger partial charge in [-0.15, -0.1) is 0 Å². The fourth-order valence-corrected chi connectivity index (χ4v) is 3.34. The Kier molecular flexibility index (Phi) is 5.93. The molecule has 28 heavy (non-hydrogen) atoms. The maximum atomic E-state index is 13.0. The molecule has 0 radical (unpaired) electrons. The lowest BCUT2D eigenvalue weighted by Gasteiger charge is -2.20. The topological polar surface area (TPSA) is 99.5 Å². The molecular weight excluding hydrogens is 365 g/mol. The minimum absolute atomic E-state index is 0.197. The third kappa shape index (κ3) is 4.48. The minimum atomic E-state index is -0.639. The van der Waals surface area contributed by atoms with Crippen LogP contribution in [0.5, 0.6) is 0 Å². The SMILES string of the molecule is Cc1cc(N2CCC(NC(=O)NC(CO)Cc3ccc(F)cc3)C2=O)n(C)n1. The summed E-state index contributed by atoms with van der Waals surface area (Å²) in [7, 11) is 1.77. The first-order valence-corrected chi connectivity index (χ1v) is 9.11. The number of aryl methyl sites for hydroxylation is 2.